The Bertz CT molecular complexity index is 2070. The monoisotopic (exact) mass is 886 g/mol. The second kappa shape index (κ2) is 18.3. The van der Waals surface area contributed by atoms with Gasteiger partial charge in [0.15, 0.2) is 18.3 Å². The maximum absolute atomic E-state index is 14.2. The Morgan fingerprint density at radius 2 is 1.10 bits per heavy atom. The molecule has 0 saturated carbocycles. The van der Waals surface area contributed by atoms with E-state index in [1.807, 2.05) is 0 Å². The minimum atomic E-state index is -2.04. The zero-order valence-electron chi connectivity index (χ0n) is 33.1. The first-order valence-corrected chi connectivity index (χ1v) is 19.6. The molecule has 4 aliphatic heterocycles. The number of rotatable bonds is 10. The number of phenols is 2. The second-order valence-electron chi connectivity index (χ2n) is 15.7. The van der Waals surface area contributed by atoms with Gasteiger partial charge in [0.1, 0.15) is 108 Å². The number of hydrogen-bond donors (Lipinski definition) is 13. The molecule has 4 fully saturated rings. The fraction of sp³-hybridized carbons (Fsp3) is 0.615. The third kappa shape index (κ3) is 8.83. The summed E-state index contributed by atoms with van der Waals surface area (Å²) < 4.78 is 51.3. The number of aliphatic hydroxyl groups is 11. The molecule has 23 heteroatoms. The van der Waals surface area contributed by atoms with Crippen LogP contribution in [0.1, 0.15) is 20.8 Å². The van der Waals surface area contributed by atoms with Crippen LogP contribution in [0.25, 0.3) is 22.3 Å². The maximum Gasteiger partial charge on any atom is 0.239 e. The van der Waals surface area contributed by atoms with Gasteiger partial charge in [0, 0.05) is 17.7 Å². The van der Waals surface area contributed by atoms with E-state index in [1.165, 1.54) is 45.0 Å². The van der Waals surface area contributed by atoms with Gasteiger partial charge in [-0.2, -0.15) is 0 Å². The molecule has 0 aliphatic carbocycles. The summed E-state index contributed by atoms with van der Waals surface area (Å²) in [6, 6.07) is 7.29. The number of aromatic hydroxyl groups is 2. The van der Waals surface area contributed by atoms with Gasteiger partial charge >= 0.3 is 0 Å². The molecule has 5 heterocycles. The number of aliphatic hydroxyl groups excluding tert-OH is 11. The standard InChI is InChI=1S/C39H50O23/c1-11-21(42)25(46)29(50)37(55-11)58-16-8-17(41)20-18(9-16)59-34(14-4-6-15(40)7-5-14)35(24(20)45)62-39-31(52)27(48)23(44)19(60-39)10-54-36-32(53)28(49)33(13(3)57-36)61-38-30(51)26(47)22(43)12(2)56-38/h4-9,11-13,19,21-23,25-33,36-44,46-53H,10H2,1-3H3/t11-,12+,13-,19-,21-,22-,23-,25-,26-,27+,28+,29+,30+,31-,32-,33-,36+,37-,38-,39-/m0/s1. The lowest BCUT2D eigenvalue weighted by atomic mass is 9.97. The molecular weight excluding hydrogens is 836 g/mol. The summed E-state index contributed by atoms with van der Waals surface area (Å²) in [5.41, 5.74) is -1.25. The van der Waals surface area contributed by atoms with Crippen LogP contribution >= 0.6 is 0 Å². The smallest absolute Gasteiger partial charge is 0.239 e. The van der Waals surface area contributed by atoms with E-state index in [4.69, 9.17) is 42.3 Å². The molecule has 23 nitrogen and oxygen atoms in total. The molecule has 13 N–H and O–H groups in total. The minimum Gasteiger partial charge on any atom is -0.508 e. The predicted molar refractivity (Wildman–Crippen MR) is 201 cm³/mol. The van der Waals surface area contributed by atoms with Gasteiger partial charge in [-0.15, -0.1) is 0 Å². The Balaban J connectivity index is 1.10. The lowest BCUT2D eigenvalue weighted by Gasteiger charge is -2.46. The molecule has 4 saturated heterocycles. The molecule has 0 unspecified atom stereocenters. The lowest BCUT2D eigenvalue weighted by molar-refractivity contribution is -0.357. The Morgan fingerprint density at radius 3 is 1.73 bits per heavy atom. The Morgan fingerprint density at radius 1 is 0.565 bits per heavy atom. The number of ether oxygens (including phenoxy) is 8. The molecule has 344 valence electrons. The van der Waals surface area contributed by atoms with Gasteiger partial charge in [0.2, 0.25) is 23.8 Å². The van der Waals surface area contributed by atoms with Gasteiger partial charge in [-0.3, -0.25) is 4.79 Å². The van der Waals surface area contributed by atoms with Crippen LogP contribution in [0.3, 0.4) is 0 Å². The van der Waals surface area contributed by atoms with Crippen molar-refractivity contribution < 1.29 is 109 Å². The molecule has 3 aromatic rings. The largest absolute Gasteiger partial charge is 0.508 e. The van der Waals surface area contributed by atoms with Crippen molar-refractivity contribution in [2.45, 2.75) is 144 Å². The van der Waals surface area contributed by atoms with Crippen molar-refractivity contribution in [1.29, 1.82) is 0 Å². The molecule has 62 heavy (non-hydrogen) atoms. The van der Waals surface area contributed by atoms with E-state index in [0.717, 1.165) is 12.1 Å². The number of fused-ring (bicyclic) bond motifs is 1. The summed E-state index contributed by atoms with van der Waals surface area (Å²) in [7, 11) is 0. The second-order valence-corrected chi connectivity index (χ2v) is 15.7. The van der Waals surface area contributed by atoms with Crippen LogP contribution in [0.15, 0.2) is 45.6 Å². The van der Waals surface area contributed by atoms with Gasteiger partial charge in [0.05, 0.1) is 24.9 Å². The van der Waals surface area contributed by atoms with Gasteiger partial charge in [-0.05, 0) is 45.0 Å². The van der Waals surface area contributed by atoms with Crippen molar-refractivity contribution in [1.82, 2.24) is 0 Å². The summed E-state index contributed by atoms with van der Waals surface area (Å²) >= 11 is 0. The molecule has 7 rings (SSSR count). The van der Waals surface area contributed by atoms with Crippen LogP contribution in [0.2, 0.25) is 0 Å². The highest BCUT2D eigenvalue weighted by Crippen LogP contribution is 2.39. The molecule has 0 bridgehead atoms. The van der Waals surface area contributed by atoms with E-state index in [0.29, 0.717) is 0 Å². The SMILES string of the molecule is C[C@@H]1O[C@@H](Oc2cc(O)c3c(=O)c(O[C@@H]4O[C@@H](CO[C@@H]5O[C@@H](C)[C@H](O[C@@H]6O[C@H](C)[C@H](O)[C@H](O)[C@H]6O)[C@H](O)[C@@H]5O)[C@H](O)[C@@H](O)[C@@H]4O)c(-c4ccc(O)cc4)oc3c2)[C@H](O)[C@@H](O)[C@H]1O. The normalized spacial score (nSPS) is 41.5. The highest BCUT2D eigenvalue weighted by Gasteiger charge is 2.51. The van der Waals surface area contributed by atoms with Gasteiger partial charge in [-0.1, -0.05) is 0 Å². The van der Waals surface area contributed by atoms with Crippen LogP contribution in [-0.2, 0) is 28.4 Å². The van der Waals surface area contributed by atoms with Crippen LogP contribution in [0.5, 0.6) is 23.0 Å². The first-order valence-electron chi connectivity index (χ1n) is 19.6. The third-order valence-electron chi connectivity index (χ3n) is 11.3. The predicted octanol–water partition coefficient (Wildman–Crippen LogP) is -4.04. The molecule has 0 radical (unpaired) electrons. The van der Waals surface area contributed by atoms with Crippen molar-refractivity contribution in [3.05, 3.63) is 46.6 Å². The molecular formula is C39H50O23. The number of phenolic OH excluding ortho intramolecular Hbond substituents is 2. The van der Waals surface area contributed by atoms with Crippen LogP contribution in [0, 0.1) is 0 Å². The van der Waals surface area contributed by atoms with Gasteiger partial charge in [0.25, 0.3) is 0 Å². The first-order chi connectivity index (χ1) is 29.3. The van der Waals surface area contributed by atoms with E-state index in [-0.39, 0.29) is 28.4 Å². The minimum absolute atomic E-state index is 0.108. The highest BCUT2D eigenvalue weighted by atomic mass is 16.8. The molecule has 4 aliphatic rings. The lowest BCUT2D eigenvalue weighted by Crippen LogP contribution is -2.63. The fourth-order valence-electron chi connectivity index (χ4n) is 7.55. The fourth-order valence-corrected chi connectivity index (χ4v) is 7.55. The third-order valence-corrected chi connectivity index (χ3v) is 11.3. The van der Waals surface area contributed by atoms with Crippen molar-refractivity contribution in [2.24, 2.45) is 0 Å². The van der Waals surface area contributed by atoms with Crippen molar-refractivity contribution in [3.8, 4) is 34.3 Å². The molecule has 0 spiro atoms. The molecule has 1 aromatic heterocycles. The number of hydrogen-bond acceptors (Lipinski definition) is 23. The average molecular weight is 887 g/mol. The first kappa shape index (κ1) is 46.2. The summed E-state index contributed by atoms with van der Waals surface area (Å²) in [5.74, 6) is -2.15. The van der Waals surface area contributed by atoms with E-state index < -0.39 is 152 Å². The molecule has 2 aromatic carbocycles. The van der Waals surface area contributed by atoms with E-state index in [9.17, 15) is 71.2 Å². The van der Waals surface area contributed by atoms with Crippen molar-refractivity contribution in [3.63, 3.8) is 0 Å². The quantitative estimate of drug-likeness (QED) is 0.0921. The summed E-state index contributed by atoms with van der Waals surface area (Å²) in [5, 5.41) is 136. The maximum atomic E-state index is 14.2. The zero-order valence-corrected chi connectivity index (χ0v) is 33.1. The molecule has 0 amide bonds. The van der Waals surface area contributed by atoms with Crippen LogP contribution < -0.4 is 14.9 Å². The summed E-state index contributed by atoms with van der Waals surface area (Å²) in [4.78, 5) is 14.2. The van der Waals surface area contributed by atoms with E-state index >= 15 is 0 Å². The zero-order chi connectivity index (χ0) is 45.1. The Kier molecular flexibility index (Phi) is 13.7. The highest BCUT2D eigenvalue weighted by molar-refractivity contribution is 5.88. The van der Waals surface area contributed by atoms with Crippen LogP contribution in [-0.4, -0.2) is 196 Å². The number of benzene rings is 2. The van der Waals surface area contributed by atoms with Crippen LogP contribution in [0.4, 0.5) is 0 Å². The topological polar surface area (TPSA) is 367 Å². The summed E-state index contributed by atoms with van der Waals surface area (Å²) in [6.07, 6.45) is -31.7. The Labute approximate surface area is 350 Å². The Hall–Kier alpha value is -3.83. The van der Waals surface area contributed by atoms with Crippen molar-refractivity contribution >= 4 is 11.0 Å². The van der Waals surface area contributed by atoms with Crippen molar-refractivity contribution in [2.75, 3.05) is 6.61 Å². The average Bonchev–Trinajstić information content (AvgIpc) is 3.23. The molecule has 20 atom stereocenters. The van der Waals surface area contributed by atoms with Gasteiger partial charge in [-0.25, -0.2) is 0 Å². The summed E-state index contributed by atoms with van der Waals surface area (Å²) in [6.45, 7) is 3.58. The van der Waals surface area contributed by atoms with E-state index in [2.05, 4.69) is 0 Å². The van der Waals surface area contributed by atoms with E-state index in [1.54, 1.807) is 0 Å². The van der Waals surface area contributed by atoms with Gasteiger partial charge < -0.3 is 109 Å².